The van der Waals surface area contributed by atoms with Gasteiger partial charge in [-0.25, -0.2) is 0 Å². The molecule has 2 aliphatic rings. The Morgan fingerprint density at radius 3 is 2.86 bits per heavy atom. The van der Waals surface area contributed by atoms with Crippen LogP contribution >= 0.6 is 0 Å². The van der Waals surface area contributed by atoms with Gasteiger partial charge in [0, 0.05) is 26.3 Å². The second-order valence-corrected chi connectivity index (χ2v) is 6.63. The molecule has 21 heavy (non-hydrogen) atoms. The Morgan fingerprint density at radius 2 is 2.14 bits per heavy atom. The van der Waals surface area contributed by atoms with Gasteiger partial charge in [0.1, 0.15) is 5.75 Å². The fourth-order valence-corrected chi connectivity index (χ4v) is 3.47. The van der Waals surface area contributed by atoms with E-state index in [1.165, 1.54) is 49.7 Å². The number of nitrogens with one attached hydrogen (secondary N) is 1. The number of hydrogen-bond donors (Lipinski definition) is 1. The van der Waals surface area contributed by atoms with Crippen LogP contribution in [0.2, 0.25) is 0 Å². The number of hydrogen-bond acceptors (Lipinski definition) is 3. The predicted octanol–water partition coefficient (Wildman–Crippen LogP) is 3.48. The summed E-state index contributed by atoms with van der Waals surface area (Å²) in [7, 11) is 3.55. The highest BCUT2D eigenvalue weighted by molar-refractivity contribution is 5.39. The van der Waals surface area contributed by atoms with Crippen LogP contribution in [0.5, 0.6) is 5.75 Å². The van der Waals surface area contributed by atoms with E-state index in [1.807, 2.05) is 0 Å². The first-order valence-corrected chi connectivity index (χ1v) is 8.15. The van der Waals surface area contributed by atoms with Crippen LogP contribution in [-0.2, 0) is 11.2 Å². The van der Waals surface area contributed by atoms with Crippen LogP contribution in [0.3, 0.4) is 0 Å². The summed E-state index contributed by atoms with van der Waals surface area (Å²) in [6.45, 7) is 2.01. The van der Waals surface area contributed by atoms with Crippen LogP contribution < -0.4 is 10.1 Å². The molecule has 0 saturated heterocycles. The Bertz CT molecular complexity index is 482. The SMILES string of the molecule is COCCC1(CNC2CCCc3ccc(OC)cc32)CC1. The standard InChI is InChI=1S/C18H27NO2/c1-20-11-10-18(8-9-18)13-19-17-5-3-4-14-6-7-15(21-2)12-16(14)17/h6-7,12,17,19H,3-5,8-11,13H2,1-2H3. The molecule has 0 amide bonds. The van der Waals surface area contributed by atoms with Crippen molar-refractivity contribution < 1.29 is 9.47 Å². The second-order valence-electron chi connectivity index (χ2n) is 6.63. The minimum atomic E-state index is 0.490. The van der Waals surface area contributed by atoms with Gasteiger partial charge in [0.15, 0.2) is 0 Å². The number of rotatable bonds is 7. The lowest BCUT2D eigenvalue weighted by Crippen LogP contribution is -2.31. The third kappa shape index (κ3) is 3.41. The van der Waals surface area contributed by atoms with Gasteiger partial charge in [-0.1, -0.05) is 6.07 Å². The third-order valence-electron chi connectivity index (χ3n) is 5.18. The highest BCUT2D eigenvalue weighted by Gasteiger charge is 2.42. The molecule has 3 heteroatoms. The number of fused-ring (bicyclic) bond motifs is 1. The normalized spacial score (nSPS) is 22.7. The minimum absolute atomic E-state index is 0.490. The quantitative estimate of drug-likeness (QED) is 0.833. The van der Waals surface area contributed by atoms with E-state index in [4.69, 9.17) is 9.47 Å². The maximum absolute atomic E-state index is 5.40. The van der Waals surface area contributed by atoms with E-state index in [0.717, 1.165) is 18.9 Å². The molecular weight excluding hydrogens is 262 g/mol. The van der Waals surface area contributed by atoms with Gasteiger partial charge >= 0.3 is 0 Å². The predicted molar refractivity (Wildman–Crippen MR) is 84.8 cm³/mol. The van der Waals surface area contributed by atoms with Gasteiger partial charge in [-0.15, -0.1) is 0 Å². The summed E-state index contributed by atoms with van der Waals surface area (Å²) < 4.78 is 10.6. The van der Waals surface area contributed by atoms with Gasteiger partial charge < -0.3 is 14.8 Å². The fourth-order valence-electron chi connectivity index (χ4n) is 3.47. The zero-order valence-corrected chi connectivity index (χ0v) is 13.3. The van der Waals surface area contributed by atoms with Gasteiger partial charge in [-0.2, -0.15) is 0 Å². The van der Waals surface area contributed by atoms with Crippen molar-refractivity contribution in [2.75, 3.05) is 27.4 Å². The molecule has 1 aromatic carbocycles. The van der Waals surface area contributed by atoms with Gasteiger partial charge in [-0.05, 0) is 67.2 Å². The first kappa shape index (κ1) is 14.9. The van der Waals surface area contributed by atoms with Gasteiger partial charge in [0.2, 0.25) is 0 Å². The topological polar surface area (TPSA) is 30.5 Å². The molecule has 3 rings (SSSR count). The maximum Gasteiger partial charge on any atom is 0.119 e. The van der Waals surface area contributed by atoms with Crippen LogP contribution in [0, 0.1) is 5.41 Å². The Labute approximate surface area is 128 Å². The van der Waals surface area contributed by atoms with Crippen molar-refractivity contribution >= 4 is 0 Å². The lowest BCUT2D eigenvalue weighted by Gasteiger charge is -2.29. The largest absolute Gasteiger partial charge is 0.497 e. The second kappa shape index (κ2) is 6.37. The summed E-state index contributed by atoms with van der Waals surface area (Å²) in [6, 6.07) is 7.03. The molecule has 116 valence electrons. The Hall–Kier alpha value is -1.06. The number of aryl methyl sites for hydroxylation is 1. The summed E-state index contributed by atoms with van der Waals surface area (Å²) in [5.41, 5.74) is 3.44. The van der Waals surface area contributed by atoms with Crippen molar-refractivity contribution in [3.63, 3.8) is 0 Å². The van der Waals surface area contributed by atoms with E-state index < -0.39 is 0 Å². The van der Waals surface area contributed by atoms with E-state index in [0.29, 0.717) is 11.5 Å². The number of benzene rings is 1. The summed E-state index contributed by atoms with van der Waals surface area (Å²) in [5, 5.41) is 3.83. The molecule has 2 aliphatic carbocycles. The van der Waals surface area contributed by atoms with E-state index in [2.05, 4.69) is 23.5 Å². The summed E-state index contributed by atoms with van der Waals surface area (Å²) in [4.78, 5) is 0. The average Bonchev–Trinajstić information content (AvgIpc) is 3.31. The van der Waals surface area contributed by atoms with Gasteiger partial charge in [-0.3, -0.25) is 0 Å². The summed E-state index contributed by atoms with van der Waals surface area (Å²) in [5.74, 6) is 0.975. The van der Waals surface area contributed by atoms with Crippen LogP contribution in [-0.4, -0.2) is 27.4 Å². The highest BCUT2D eigenvalue weighted by Crippen LogP contribution is 2.48. The lowest BCUT2D eigenvalue weighted by atomic mass is 9.87. The zero-order valence-electron chi connectivity index (χ0n) is 13.3. The molecule has 1 N–H and O–H groups in total. The molecule has 1 aromatic rings. The molecule has 1 atom stereocenters. The van der Waals surface area contributed by atoms with Crippen LogP contribution in [0.1, 0.15) is 49.3 Å². The Kier molecular flexibility index (Phi) is 4.51. The first-order valence-electron chi connectivity index (χ1n) is 8.15. The van der Waals surface area contributed by atoms with Crippen LogP contribution in [0.25, 0.3) is 0 Å². The number of ether oxygens (including phenoxy) is 2. The molecule has 1 fully saturated rings. The zero-order chi connectivity index (χ0) is 14.7. The smallest absolute Gasteiger partial charge is 0.119 e. The molecule has 0 aliphatic heterocycles. The van der Waals surface area contributed by atoms with E-state index in [-0.39, 0.29) is 0 Å². The van der Waals surface area contributed by atoms with Gasteiger partial charge in [0.25, 0.3) is 0 Å². The van der Waals surface area contributed by atoms with E-state index >= 15 is 0 Å². The molecular formula is C18H27NO2. The monoisotopic (exact) mass is 289 g/mol. The van der Waals surface area contributed by atoms with Crippen molar-refractivity contribution in [2.24, 2.45) is 5.41 Å². The van der Waals surface area contributed by atoms with Crippen molar-refractivity contribution in [2.45, 2.75) is 44.6 Å². The van der Waals surface area contributed by atoms with Crippen molar-refractivity contribution in [1.82, 2.24) is 5.32 Å². The molecule has 0 heterocycles. The molecule has 0 spiro atoms. The highest BCUT2D eigenvalue weighted by atomic mass is 16.5. The molecule has 0 bridgehead atoms. The molecule has 3 nitrogen and oxygen atoms in total. The summed E-state index contributed by atoms with van der Waals surface area (Å²) in [6.07, 6.45) is 7.60. The van der Waals surface area contributed by atoms with Crippen LogP contribution in [0.4, 0.5) is 0 Å². The lowest BCUT2D eigenvalue weighted by molar-refractivity contribution is 0.169. The van der Waals surface area contributed by atoms with Gasteiger partial charge in [0.05, 0.1) is 7.11 Å². The molecule has 1 saturated carbocycles. The maximum atomic E-state index is 5.40. The van der Waals surface area contributed by atoms with E-state index in [1.54, 1.807) is 14.2 Å². The molecule has 0 radical (unpaired) electrons. The minimum Gasteiger partial charge on any atom is -0.497 e. The molecule has 0 aromatic heterocycles. The van der Waals surface area contributed by atoms with Crippen LogP contribution in [0.15, 0.2) is 18.2 Å². The van der Waals surface area contributed by atoms with E-state index in [9.17, 15) is 0 Å². The first-order chi connectivity index (χ1) is 10.3. The Balaban J connectivity index is 1.65. The Morgan fingerprint density at radius 1 is 1.29 bits per heavy atom. The van der Waals surface area contributed by atoms with Crippen molar-refractivity contribution in [3.05, 3.63) is 29.3 Å². The van der Waals surface area contributed by atoms with Crippen molar-refractivity contribution in [1.29, 1.82) is 0 Å². The summed E-state index contributed by atoms with van der Waals surface area (Å²) >= 11 is 0. The average molecular weight is 289 g/mol. The fraction of sp³-hybridized carbons (Fsp3) is 0.667. The third-order valence-corrected chi connectivity index (χ3v) is 5.18. The number of methoxy groups -OCH3 is 2. The molecule has 1 unspecified atom stereocenters. The van der Waals surface area contributed by atoms with Crippen molar-refractivity contribution in [3.8, 4) is 5.75 Å².